The molecule has 0 bridgehead atoms. The lowest BCUT2D eigenvalue weighted by Gasteiger charge is -2.11. The van der Waals surface area contributed by atoms with E-state index in [2.05, 4.69) is 15.4 Å². The summed E-state index contributed by atoms with van der Waals surface area (Å²) in [6.07, 6.45) is 1.73. The number of nitrogens with zero attached hydrogens (tertiary/aromatic N) is 3. The molecule has 0 aliphatic heterocycles. The lowest BCUT2D eigenvalue weighted by Crippen LogP contribution is -2.23. The maximum Gasteiger partial charge on any atom is 0.252 e. The highest BCUT2D eigenvalue weighted by Gasteiger charge is 2.11. The number of hydrogen-bond acceptors (Lipinski definition) is 5. The quantitative estimate of drug-likeness (QED) is 0.422. The molecule has 4 aromatic rings. The van der Waals surface area contributed by atoms with Crippen LogP contribution in [0.25, 0.3) is 5.82 Å². The number of rotatable bonds is 8. The van der Waals surface area contributed by atoms with E-state index >= 15 is 0 Å². The van der Waals surface area contributed by atoms with Crippen LogP contribution in [0.4, 0.5) is 0 Å². The first-order chi connectivity index (χ1) is 16.4. The van der Waals surface area contributed by atoms with Gasteiger partial charge in [-0.1, -0.05) is 30.3 Å². The minimum absolute atomic E-state index is 0.198. The molecule has 2 heterocycles. The molecule has 0 aliphatic rings. The highest BCUT2D eigenvalue weighted by atomic mass is 16.5. The number of aromatic nitrogens is 3. The van der Waals surface area contributed by atoms with Crippen LogP contribution in [-0.2, 0) is 13.2 Å². The zero-order chi connectivity index (χ0) is 24.1. The number of pyridine rings is 1. The standard InChI is InChI=1S/C26H25N5O3/c1-17-12-18(2)31(30-17)24-11-10-20(14-28-24)15-29-26(33)21-7-5-6-19(13-21)16-34-23-9-4-3-8-22(23)25(27)32/h3-14H,15-16H2,1-2H3,(H2,27,32)(H,29,33). The molecular weight excluding hydrogens is 430 g/mol. The Morgan fingerprint density at radius 2 is 1.82 bits per heavy atom. The van der Waals surface area contributed by atoms with Crippen molar-refractivity contribution in [1.29, 1.82) is 0 Å². The summed E-state index contributed by atoms with van der Waals surface area (Å²) in [6, 6.07) is 19.7. The first-order valence-corrected chi connectivity index (χ1v) is 10.8. The number of amides is 2. The summed E-state index contributed by atoms with van der Waals surface area (Å²) in [5.41, 5.74) is 9.83. The molecule has 34 heavy (non-hydrogen) atoms. The fraction of sp³-hybridized carbons (Fsp3) is 0.154. The third kappa shape index (κ3) is 5.29. The molecule has 4 rings (SSSR count). The molecule has 0 atom stereocenters. The Morgan fingerprint density at radius 1 is 1.00 bits per heavy atom. The number of hydrogen-bond donors (Lipinski definition) is 2. The molecular formula is C26H25N5O3. The number of nitrogens with one attached hydrogen (secondary N) is 1. The molecule has 0 spiro atoms. The fourth-order valence-electron chi connectivity index (χ4n) is 3.55. The van der Waals surface area contributed by atoms with Crippen molar-refractivity contribution in [2.75, 3.05) is 0 Å². The van der Waals surface area contributed by atoms with Gasteiger partial charge in [-0.25, -0.2) is 9.67 Å². The Balaban J connectivity index is 1.36. The van der Waals surface area contributed by atoms with Gasteiger partial charge in [0.1, 0.15) is 12.4 Å². The highest BCUT2D eigenvalue weighted by molar-refractivity contribution is 5.95. The zero-order valence-electron chi connectivity index (χ0n) is 19.0. The third-order valence-corrected chi connectivity index (χ3v) is 5.22. The number of aryl methyl sites for hydroxylation is 2. The smallest absolute Gasteiger partial charge is 0.252 e. The van der Waals surface area contributed by atoms with Gasteiger partial charge in [-0.2, -0.15) is 5.10 Å². The lowest BCUT2D eigenvalue weighted by atomic mass is 10.1. The van der Waals surface area contributed by atoms with Gasteiger partial charge in [0.05, 0.1) is 11.3 Å². The molecule has 3 N–H and O–H groups in total. The number of carbonyl (C=O) groups is 2. The number of primary amides is 1. The summed E-state index contributed by atoms with van der Waals surface area (Å²) in [4.78, 5) is 28.7. The summed E-state index contributed by atoms with van der Waals surface area (Å²) in [6.45, 7) is 4.46. The summed E-state index contributed by atoms with van der Waals surface area (Å²) >= 11 is 0. The number of benzene rings is 2. The van der Waals surface area contributed by atoms with Gasteiger partial charge in [0.15, 0.2) is 5.82 Å². The Bertz CT molecular complexity index is 1330. The van der Waals surface area contributed by atoms with Gasteiger partial charge in [-0.3, -0.25) is 9.59 Å². The van der Waals surface area contributed by atoms with Crippen molar-refractivity contribution in [3.8, 4) is 11.6 Å². The predicted octanol–water partition coefficient (Wildman–Crippen LogP) is 3.49. The van der Waals surface area contributed by atoms with E-state index < -0.39 is 5.91 Å². The predicted molar refractivity (Wildman–Crippen MR) is 128 cm³/mol. The largest absolute Gasteiger partial charge is 0.488 e. The van der Waals surface area contributed by atoms with E-state index in [1.807, 2.05) is 38.1 Å². The molecule has 0 radical (unpaired) electrons. The second-order valence-corrected chi connectivity index (χ2v) is 7.90. The van der Waals surface area contributed by atoms with Gasteiger partial charge in [0.2, 0.25) is 0 Å². The molecule has 2 aromatic carbocycles. The van der Waals surface area contributed by atoms with Crippen LogP contribution in [0.3, 0.4) is 0 Å². The second-order valence-electron chi connectivity index (χ2n) is 7.90. The van der Waals surface area contributed by atoms with E-state index in [1.54, 1.807) is 53.3 Å². The monoisotopic (exact) mass is 455 g/mol. The maximum atomic E-state index is 12.7. The highest BCUT2D eigenvalue weighted by Crippen LogP contribution is 2.19. The van der Waals surface area contributed by atoms with Crippen molar-refractivity contribution in [2.45, 2.75) is 27.0 Å². The van der Waals surface area contributed by atoms with E-state index in [9.17, 15) is 9.59 Å². The van der Waals surface area contributed by atoms with Crippen molar-refractivity contribution in [3.63, 3.8) is 0 Å². The Hall–Kier alpha value is -4.46. The minimum Gasteiger partial charge on any atom is -0.488 e. The molecule has 0 unspecified atom stereocenters. The molecule has 2 aromatic heterocycles. The number of para-hydroxylation sites is 1. The Morgan fingerprint density at radius 3 is 2.53 bits per heavy atom. The van der Waals surface area contributed by atoms with Crippen molar-refractivity contribution < 1.29 is 14.3 Å². The van der Waals surface area contributed by atoms with Gasteiger partial charge in [-0.05, 0) is 61.4 Å². The minimum atomic E-state index is -0.555. The lowest BCUT2D eigenvalue weighted by molar-refractivity contribution is 0.0949. The summed E-state index contributed by atoms with van der Waals surface area (Å²) < 4.78 is 7.54. The molecule has 0 fully saturated rings. The SMILES string of the molecule is Cc1cc(C)n(-c2ccc(CNC(=O)c3cccc(COc4ccccc4C(N)=O)c3)cn2)n1. The third-order valence-electron chi connectivity index (χ3n) is 5.22. The fourth-order valence-corrected chi connectivity index (χ4v) is 3.55. The summed E-state index contributed by atoms with van der Waals surface area (Å²) in [5, 5.41) is 7.34. The van der Waals surface area contributed by atoms with Gasteiger partial charge in [0.25, 0.3) is 11.8 Å². The first kappa shape index (κ1) is 22.7. The number of ether oxygens (including phenoxy) is 1. The molecule has 2 amide bonds. The number of carbonyl (C=O) groups excluding carboxylic acids is 2. The molecule has 0 saturated heterocycles. The van der Waals surface area contributed by atoms with E-state index in [-0.39, 0.29) is 12.5 Å². The van der Waals surface area contributed by atoms with Gasteiger partial charge in [0, 0.05) is 24.0 Å². The molecule has 8 heteroatoms. The number of nitrogens with two attached hydrogens (primary N) is 1. The van der Waals surface area contributed by atoms with Crippen LogP contribution in [0.5, 0.6) is 5.75 Å². The van der Waals surface area contributed by atoms with E-state index in [4.69, 9.17) is 10.5 Å². The molecule has 0 saturated carbocycles. The average Bonchev–Trinajstić information content (AvgIpc) is 3.19. The van der Waals surface area contributed by atoms with Crippen LogP contribution in [0.1, 0.15) is 43.2 Å². The van der Waals surface area contributed by atoms with Crippen LogP contribution in [-0.4, -0.2) is 26.6 Å². The van der Waals surface area contributed by atoms with E-state index in [0.717, 1.165) is 28.3 Å². The maximum absolute atomic E-state index is 12.7. The van der Waals surface area contributed by atoms with Crippen LogP contribution in [0, 0.1) is 13.8 Å². The topological polar surface area (TPSA) is 112 Å². The van der Waals surface area contributed by atoms with Gasteiger partial charge < -0.3 is 15.8 Å². The summed E-state index contributed by atoms with van der Waals surface area (Å²) in [7, 11) is 0. The Kier molecular flexibility index (Phi) is 6.68. The molecule has 172 valence electrons. The molecule has 0 aliphatic carbocycles. The van der Waals surface area contributed by atoms with E-state index in [1.165, 1.54) is 0 Å². The zero-order valence-corrected chi connectivity index (χ0v) is 19.0. The van der Waals surface area contributed by atoms with Crippen LogP contribution >= 0.6 is 0 Å². The van der Waals surface area contributed by atoms with Crippen molar-refractivity contribution in [1.82, 2.24) is 20.1 Å². The van der Waals surface area contributed by atoms with Gasteiger partial charge in [-0.15, -0.1) is 0 Å². The Labute approximate surface area is 197 Å². The summed E-state index contributed by atoms with van der Waals surface area (Å²) in [5.74, 6) is 0.371. The van der Waals surface area contributed by atoms with Crippen LogP contribution in [0.2, 0.25) is 0 Å². The van der Waals surface area contributed by atoms with Gasteiger partial charge >= 0.3 is 0 Å². The van der Waals surface area contributed by atoms with Crippen molar-refractivity contribution >= 4 is 11.8 Å². The average molecular weight is 456 g/mol. The second kappa shape index (κ2) is 9.99. The molecule has 8 nitrogen and oxygen atoms in total. The van der Waals surface area contributed by atoms with Crippen LogP contribution in [0.15, 0.2) is 72.9 Å². The normalized spacial score (nSPS) is 10.6. The first-order valence-electron chi connectivity index (χ1n) is 10.8. The van der Waals surface area contributed by atoms with Crippen molar-refractivity contribution in [3.05, 3.63) is 107 Å². The van der Waals surface area contributed by atoms with Crippen LogP contribution < -0.4 is 15.8 Å². The van der Waals surface area contributed by atoms with E-state index in [0.29, 0.717) is 23.4 Å². The van der Waals surface area contributed by atoms with Crippen molar-refractivity contribution in [2.24, 2.45) is 5.73 Å².